The lowest BCUT2D eigenvalue weighted by Gasteiger charge is -2.28. The van der Waals surface area contributed by atoms with Crippen LogP contribution in [0.25, 0.3) is 0 Å². The molecule has 2 N–H and O–H groups in total. The maximum Gasteiger partial charge on any atom is 0.245 e. The molecule has 0 saturated heterocycles. The molecule has 0 aliphatic carbocycles. The first-order valence-electron chi connectivity index (χ1n) is 9.36. The number of carbonyl (C=O) groups is 1. The Balaban J connectivity index is 1.83. The van der Waals surface area contributed by atoms with Crippen molar-refractivity contribution in [1.29, 1.82) is 0 Å². The van der Waals surface area contributed by atoms with Crippen LogP contribution in [0.2, 0.25) is 0 Å². The summed E-state index contributed by atoms with van der Waals surface area (Å²) >= 11 is 7.44. The smallest absolute Gasteiger partial charge is 0.245 e. The fraction of sp³-hybridized carbons (Fsp3) is 0.318. The minimum absolute atomic E-state index is 0.118. The first kappa shape index (κ1) is 21.8. The summed E-state index contributed by atoms with van der Waals surface area (Å²) in [5, 5.41) is -0.118. The molecule has 2 unspecified atom stereocenters. The summed E-state index contributed by atoms with van der Waals surface area (Å²) in [5.74, 6) is -2.00. The minimum Gasteiger partial charge on any atom is -0.319 e. The van der Waals surface area contributed by atoms with Gasteiger partial charge < -0.3 is 10.6 Å². The fourth-order valence-corrected chi connectivity index (χ4v) is 4.57. The third-order valence-electron chi connectivity index (χ3n) is 5.14. The van der Waals surface area contributed by atoms with E-state index in [1.807, 2.05) is 38.1 Å². The van der Waals surface area contributed by atoms with Gasteiger partial charge in [0.1, 0.15) is 0 Å². The lowest BCUT2D eigenvalue weighted by Crippen LogP contribution is -2.49. The van der Waals surface area contributed by atoms with Crippen LogP contribution in [0.5, 0.6) is 0 Å². The second kappa shape index (κ2) is 9.28. The van der Waals surface area contributed by atoms with Gasteiger partial charge in [-0.15, -0.1) is 11.8 Å². The number of thioether (sulfide) groups is 1. The monoisotopic (exact) mass is 436 g/mol. The molecule has 0 saturated carbocycles. The van der Waals surface area contributed by atoms with E-state index in [0.29, 0.717) is 29.3 Å². The Bertz CT molecular complexity index is 950. The van der Waals surface area contributed by atoms with E-state index in [0.717, 1.165) is 28.9 Å². The van der Waals surface area contributed by atoms with E-state index in [2.05, 4.69) is 0 Å². The molecule has 1 amide bonds. The first-order valence-corrected chi connectivity index (χ1v) is 10.6. The van der Waals surface area contributed by atoms with Gasteiger partial charge in [-0.1, -0.05) is 29.8 Å². The molecule has 0 bridgehead atoms. The summed E-state index contributed by atoms with van der Waals surface area (Å²) in [6.07, 6.45) is 2.88. The van der Waals surface area contributed by atoms with E-state index in [9.17, 15) is 13.6 Å². The van der Waals surface area contributed by atoms with E-state index in [4.69, 9.17) is 17.3 Å². The second-order valence-electron chi connectivity index (χ2n) is 7.18. The number of halogens is 3. The van der Waals surface area contributed by atoms with Crippen molar-refractivity contribution < 1.29 is 13.6 Å². The topological polar surface area (TPSA) is 46.3 Å². The lowest BCUT2D eigenvalue weighted by molar-refractivity contribution is -0.119. The van der Waals surface area contributed by atoms with Crippen LogP contribution in [0.3, 0.4) is 0 Å². The Morgan fingerprint density at radius 2 is 1.97 bits per heavy atom. The van der Waals surface area contributed by atoms with Crippen LogP contribution in [0.4, 0.5) is 14.5 Å². The van der Waals surface area contributed by atoms with Gasteiger partial charge in [-0.2, -0.15) is 0 Å². The lowest BCUT2D eigenvalue weighted by atomic mass is 10.1. The van der Waals surface area contributed by atoms with Gasteiger partial charge in [-0.25, -0.2) is 8.78 Å². The number of hydrogen-bond donors (Lipinski definition) is 1. The average molecular weight is 437 g/mol. The standard InChI is InChI=1S/C22H23ClF2N2OS/c1-13-3-5-16(11-14(13)2)27(10-9-15-4-6-17(24)18(25)12-15)22(28)21(26)19-7-8-20(23)29-19/h3-6,8,11-12,19,21H,7,9-10,26H2,1-2H3. The maximum atomic E-state index is 13.6. The molecule has 154 valence electrons. The van der Waals surface area contributed by atoms with Crippen LogP contribution in [-0.4, -0.2) is 23.7 Å². The van der Waals surface area contributed by atoms with Crippen molar-refractivity contribution in [3.8, 4) is 0 Å². The number of nitrogens with two attached hydrogens (primary N) is 1. The molecular weight excluding hydrogens is 414 g/mol. The molecule has 3 rings (SSSR count). The molecule has 2 aromatic rings. The van der Waals surface area contributed by atoms with E-state index in [-0.39, 0.29) is 11.2 Å². The zero-order chi connectivity index (χ0) is 21.1. The number of anilines is 1. The third kappa shape index (κ3) is 5.18. The van der Waals surface area contributed by atoms with Crippen molar-refractivity contribution in [1.82, 2.24) is 0 Å². The highest BCUT2D eigenvalue weighted by atomic mass is 35.5. The van der Waals surface area contributed by atoms with Gasteiger partial charge in [0.15, 0.2) is 11.6 Å². The summed E-state index contributed by atoms with van der Waals surface area (Å²) in [5.41, 5.74) is 9.81. The average Bonchev–Trinajstić information content (AvgIpc) is 3.13. The summed E-state index contributed by atoms with van der Waals surface area (Å²) in [6, 6.07) is 8.84. The molecule has 0 fully saturated rings. The quantitative estimate of drug-likeness (QED) is 0.687. The number of amides is 1. The van der Waals surface area contributed by atoms with Crippen molar-refractivity contribution >= 4 is 35.0 Å². The van der Waals surface area contributed by atoms with Crippen LogP contribution in [0.15, 0.2) is 46.8 Å². The molecule has 0 aromatic heterocycles. The Labute approximate surface area is 178 Å². The largest absolute Gasteiger partial charge is 0.319 e. The van der Waals surface area contributed by atoms with Gasteiger partial charge in [0.05, 0.1) is 10.4 Å². The predicted molar refractivity (Wildman–Crippen MR) is 116 cm³/mol. The number of carbonyl (C=O) groups excluding carboxylic acids is 1. The van der Waals surface area contributed by atoms with Gasteiger partial charge in [-0.3, -0.25) is 4.79 Å². The Kier molecular flexibility index (Phi) is 6.98. The molecule has 3 nitrogen and oxygen atoms in total. The van der Waals surface area contributed by atoms with E-state index in [1.165, 1.54) is 17.8 Å². The van der Waals surface area contributed by atoms with Crippen LogP contribution >= 0.6 is 23.4 Å². The van der Waals surface area contributed by atoms with Crippen LogP contribution < -0.4 is 10.6 Å². The molecule has 0 radical (unpaired) electrons. The van der Waals surface area contributed by atoms with Crippen LogP contribution in [-0.2, 0) is 11.2 Å². The van der Waals surface area contributed by atoms with Crippen molar-refractivity contribution in [2.45, 2.75) is 38.0 Å². The van der Waals surface area contributed by atoms with E-state index < -0.39 is 17.7 Å². The number of rotatable bonds is 6. The number of nitrogens with zero attached hydrogens (tertiary/aromatic N) is 1. The number of benzene rings is 2. The normalized spacial score (nSPS) is 17.2. The highest BCUT2D eigenvalue weighted by Crippen LogP contribution is 2.36. The van der Waals surface area contributed by atoms with Crippen molar-refractivity contribution in [2.24, 2.45) is 5.73 Å². The Morgan fingerprint density at radius 1 is 1.21 bits per heavy atom. The van der Waals surface area contributed by atoms with Gasteiger partial charge >= 0.3 is 0 Å². The summed E-state index contributed by atoms with van der Waals surface area (Å²) in [6.45, 7) is 4.28. The van der Waals surface area contributed by atoms with Crippen molar-refractivity contribution in [3.63, 3.8) is 0 Å². The molecule has 2 aromatic carbocycles. The Morgan fingerprint density at radius 3 is 2.59 bits per heavy atom. The Hall–Kier alpha value is -1.89. The SMILES string of the molecule is Cc1ccc(N(CCc2ccc(F)c(F)c2)C(=O)C(N)C2CC=C(Cl)S2)cc1C. The number of hydrogen-bond acceptors (Lipinski definition) is 3. The highest BCUT2D eigenvalue weighted by molar-refractivity contribution is 8.05. The maximum absolute atomic E-state index is 13.6. The summed E-state index contributed by atoms with van der Waals surface area (Å²) in [4.78, 5) is 14.9. The van der Waals surface area contributed by atoms with E-state index >= 15 is 0 Å². The summed E-state index contributed by atoms with van der Waals surface area (Å²) < 4.78 is 27.4. The highest BCUT2D eigenvalue weighted by Gasteiger charge is 2.32. The first-order chi connectivity index (χ1) is 13.8. The minimum atomic E-state index is -0.897. The molecule has 2 atom stereocenters. The second-order valence-corrected chi connectivity index (χ2v) is 9.10. The molecule has 29 heavy (non-hydrogen) atoms. The van der Waals surface area contributed by atoms with Crippen molar-refractivity contribution in [3.05, 3.63) is 75.2 Å². The van der Waals surface area contributed by atoms with Crippen LogP contribution in [0, 0.1) is 25.5 Å². The van der Waals surface area contributed by atoms with Crippen LogP contribution in [0.1, 0.15) is 23.1 Å². The molecular formula is C22H23ClF2N2OS. The van der Waals surface area contributed by atoms with Gasteiger partial charge in [0, 0.05) is 17.5 Å². The van der Waals surface area contributed by atoms with Crippen molar-refractivity contribution in [2.75, 3.05) is 11.4 Å². The molecule has 1 heterocycles. The number of aryl methyl sites for hydroxylation is 2. The third-order valence-corrected chi connectivity index (χ3v) is 6.74. The van der Waals surface area contributed by atoms with Gasteiger partial charge in [0.25, 0.3) is 0 Å². The molecule has 7 heteroatoms. The molecule has 1 aliphatic heterocycles. The molecule has 1 aliphatic rings. The predicted octanol–water partition coefficient (Wildman–Crippen LogP) is 5.07. The van der Waals surface area contributed by atoms with E-state index in [1.54, 1.807) is 4.90 Å². The summed E-state index contributed by atoms with van der Waals surface area (Å²) in [7, 11) is 0. The molecule has 0 spiro atoms. The zero-order valence-electron chi connectivity index (χ0n) is 16.3. The van der Waals surface area contributed by atoms with Gasteiger partial charge in [-0.05, 0) is 67.6 Å². The van der Waals surface area contributed by atoms with Gasteiger partial charge in [0.2, 0.25) is 5.91 Å². The zero-order valence-corrected chi connectivity index (χ0v) is 17.9. The fourth-order valence-electron chi connectivity index (χ4n) is 3.20. The number of allylic oxidation sites excluding steroid dienone is 1.